The lowest BCUT2D eigenvalue weighted by Crippen LogP contribution is -2.25. The van der Waals surface area contributed by atoms with Gasteiger partial charge in [0.05, 0.1) is 24.7 Å². The van der Waals surface area contributed by atoms with Crippen LogP contribution in [-0.2, 0) is 9.53 Å². The number of methoxy groups -OCH3 is 1. The summed E-state index contributed by atoms with van der Waals surface area (Å²) in [4.78, 5) is 47.5. The Balaban J connectivity index is 1.65. The Labute approximate surface area is 189 Å². The lowest BCUT2D eigenvalue weighted by atomic mass is 10.1. The highest BCUT2D eigenvalue weighted by atomic mass is 16.6. The van der Waals surface area contributed by atoms with Crippen LogP contribution in [-0.4, -0.2) is 49.1 Å². The second kappa shape index (κ2) is 10.4. The maximum absolute atomic E-state index is 12.5. The molecule has 0 bridgehead atoms. The number of anilines is 1. The monoisotopic (exact) mass is 457 g/mol. The number of nitrogens with one attached hydrogen (secondary N) is 2. The van der Waals surface area contributed by atoms with Crippen molar-refractivity contribution in [3.05, 3.63) is 57.6 Å². The van der Waals surface area contributed by atoms with E-state index in [9.17, 15) is 24.5 Å². The van der Waals surface area contributed by atoms with E-state index in [0.717, 1.165) is 25.0 Å². The van der Waals surface area contributed by atoms with Gasteiger partial charge in [-0.05, 0) is 38.0 Å². The number of carbonyl (C=O) groups is 3. The molecule has 0 radical (unpaired) electrons. The fraction of sp³-hybridized carbons (Fsp3) is 0.318. The number of nitro groups is 1. The molecule has 0 unspecified atom stereocenters. The van der Waals surface area contributed by atoms with Gasteiger partial charge in [-0.25, -0.2) is 4.79 Å². The molecule has 2 aromatic carbocycles. The van der Waals surface area contributed by atoms with E-state index in [1.165, 1.54) is 13.2 Å². The first-order valence-electron chi connectivity index (χ1n) is 10.2. The van der Waals surface area contributed by atoms with Crippen molar-refractivity contribution in [3.8, 4) is 11.5 Å². The molecule has 11 heteroatoms. The molecule has 0 spiro atoms. The number of nitro benzene ring substituents is 1. The van der Waals surface area contributed by atoms with Crippen LogP contribution in [0.1, 0.15) is 40.5 Å². The molecule has 1 aliphatic carbocycles. The Kier molecular flexibility index (Phi) is 7.44. The van der Waals surface area contributed by atoms with Crippen molar-refractivity contribution < 1.29 is 33.5 Å². The van der Waals surface area contributed by atoms with Crippen molar-refractivity contribution in [3.63, 3.8) is 0 Å². The quantitative estimate of drug-likeness (QED) is 0.315. The summed E-state index contributed by atoms with van der Waals surface area (Å²) in [6, 6.07) is 8.70. The molecule has 0 atom stereocenters. The van der Waals surface area contributed by atoms with Crippen LogP contribution in [0.2, 0.25) is 0 Å². The number of benzene rings is 2. The zero-order chi connectivity index (χ0) is 24.0. The maximum atomic E-state index is 12.5. The first kappa shape index (κ1) is 23.5. The number of hydrogen-bond acceptors (Lipinski definition) is 8. The number of rotatable bonds is 10. The lowest BCUT2D eigenvalue weighted by molar-refractivity contribution is -0.385. The SMILES string of the molecule is CCOc1cc([N+](=O)[O-])c(C(=O)OCC(=O)Nc2cccc(C(=O)NC3CC3)c2)cc1OC. The van der Waals surface area contributed by atoms with E-state index in [1.54, 1.807) is 25.1 Å². The molecular formula is C22H23N3O8. The second-order valence-corrected chi connectivity index (χ2v) is 7.16. The molecule has 33 heavy (non-hydrogen) atoms. The van der Waals surface area contributed by atoms with Gasteiger partial charge >= 0.3 is 5.97 Å². The van der Waals surface area contributed by atoms with Gasteiger partial charge in [-0.15, -0.1) is 0 Å². The minimum Gasteiger partial charge on any atom is -0.493 e. The summed E-state index contributed by atoms with van der Waals surface area (Å²) in [7, 11) is 1.32. The first-order chi connectivity index (χ1) is 15.8. The fourth-order valence-electron chi connectivity index (χ4n) is 2.93. The zero-order valence-corrected chi connectivity index (χ0v) is 18.1. The normalized spacial score (nSPS) is 12.4. The summed E-state index contributed by atoms with van der Waals surface area (Å²) in [6.45, 7) is 1.24. The molecule has 11 nitrogen and oxygen atoms in total. The first-order valence-corrected chi connectivity index (χ1v) is 10.2. The van der Waals surface area contributed by atoms with Gasteiger partial charge in [0, 0.05) is 23.4 Å². The van der Waals surface area contributed by atoms with Crippen LogP contribution in [0.3, 0.4) is 0 Å². The van der Waals surface area contributed by atoms with E-state index >= 15 is 0 Å². The third kappa shape index (κ3) is 6.19. The summed E-state index contributed by atoms with van der Waals surface area (Å²) in [5.41, 5.74) is -0.201. The topological polar surface area (TPSA) is 146 Å². The van der Waals surface area contributed by atoms with Crippen LogP contribution in [0.5, 0.6) is 11.5 Å². The fourth-order valence-corrected chi connectivity index (χ4v) is 2.93. The molecule has 0 saturated heterocycles. The smallest absolute Gasteiger partial charge is 0.345 e. The summed E-state index contributed by atoms with van der Waals surface area (Å²) < 4.78 is 15.4. The Morgan fingerprint density at radius 2 is 1.91 bits per heavy atom. The molecule has 174 valence electrons. The molecule has 2 aromatic rings. The molecule has 1 fully saturated rings. The molecule has 3 rings (SSSR count). The van der Waals surface area contributed by atoms with Crippen LogP contribution < -0.4 is 20.1 Å². The van der Waals surface area contributed by atoms with Gasteiger partial charge in [-0.2, -0.15) is 0 Å². The largest absolute Gasteiger partial charge is 0.493 e. The Morgan fingerprint density at radius 1 is 1.15 bits per heavy atom. The van der Waals surface area contributed by atoms with Crippen LogP contribution >= 0.6 is 0 Å². The van der Waals surface area contributed by atoms with Gasteiger partial charge in [0.2, 0.25) is 0 Å². The van der Waals surface area contributed by atoms with Crippen molar-refractivity contribution in [1.29, 1.82) is 0 Å². The van der Waals surface area contributed by atoms with Gasteiger partial charge in [0.1, 0.15) is 5.56 Å². The van der Waals surface area contributed by atoms with E-state index in [2.05, 4.69) is 10.6 Å². The average Bonchev–Trinajstić information content (AvgIpc) is 3.61. The van der Waals surface area contributed by atoms with Crippen LogP contribution in [0.15, 0.2) is 36.4 Å². The molecular weight excluding hydrogens is 434 g/mol. The summed E-state index contributed by atoms with van der Waals surface area (Å²) in [6.07, 6.45) is 1.90. The molecule has 0 aromatic heterocycles. The zero-order valence-electron chi connectivity index (χ0n) is 18.1. The number of carbonyl (C=O) groups excluding carboxylic acids is 3. The van der Waals surface area contributed by atoms with Crippen molar-refractivity contribution in [1.82, 2.24) is 5.32 Å². The number of esters is 1. The van der Waals surface area contributed by atoms with Gasteiger partial charge in [-0.3, -0.25) is 19.7 Å². The summed E-state index contributed by atoms with van der Waals surface area (Å²) in [5, 5.41) is 16.8. The van der Waals surface area contributed by atoms with Crippen molar-refractivity contribution in [2.24, 2.45) is 0 Å². The minimum atomic E-state index is -1.07. The van der Waals surface area contributed by atoms with E-state index in [0.29, 0.717) is 11.3 Å². The number of hydrogen-bond donors (Lipinski definition) is 2. The predicted octanol–water partition coefficient (Wildman–Crippen LogP) is 2.69. The highest BCUT2D eigenvalue weighted by Crippen LogP contribution is 2.35. The summed E-state index contributed by atoms with van der Waals surface area (Å²) in [5.74, 6) is -1.78. The third-order valence-electron chi connectivity index (χ3n) is 4.65. The molecule has 2 N–H and O–H groups in total. The number of nitrogens with zero attached hydrogens (tertiary/aromatic N) is 1. The predicted molar refractivity (Wildman–Crippen MR) is 117 cm³/mol. The molecule has 0 heterocycles. The van der Waals surface area contributed by atoms with E-state index in [4.69, 9.17) is 14.2 Å². The van der Waals surface area contributed by atoms with Gasteiger partial charge < -0.3 is 24.8 Å². The average molecular weight is 457 g/mol. The van der Waals surface area contributed by atoms with Crippen LogP contribution in [0, 0.1) is 10.1 Å². The minimum absolute atomic E-state index is 0.103. The van der Waals surface area contributed by atoms with Gasteiger partial charge in [0.15, 0.2) is 18.1 Å². The van der Waals surface area contributed by atoms with Crippen molar-refractivity contribution in [2.75, 3.05) is 25.6 Å². The Hall–Kier alpha value is -4.15. The molecule has 0 aliphatic heterocycles. The highest BCUT2D eigenvalue weighted by Gasteiger charge is 2.27. The van der Waals surface area contributed by atoms with Crippen LogP contribution in [0.25, 0.3) is 0 Å². The maximum Gasteiger partial charge on any atom is 0.345 e. The Bertz CT molecular complexity index is 1080. The lowest BCUT2D eigenvalue weighted by Gasteiger charge is -2.12. The van der Waals surface area contributed by atoms with Crippen LogP contribution in [0.4, 0.5) is 11.4 Å². The van der Waals surface area contributed by atoms with Crippen molar-refractivity contribution >= 4 is 29.2 Å². The second-order valence-electron chi connectivity index (χ2n) is 7.16. The molecule has 1 aliphatic rings. The summed E-state index contributed by atoms with van der Waals surface area (Å²) >= 11 is 0. The Morgan fingerprint density at radius 3 is 2.55 bits per heavy atom. The van der Waals surface area contributed by atoms with E-state index in [-0.39, 0.29) is 35.6 Å². The molecule has 2 amide bonds. The number of amides is 2. The van der Waals surface area contributed by atoms with Gasteiger partial charge in [-0.1, -0.05) is 6.07 Å². The third-order valence-corrected chi connectivity index (χ3v) is 4.65. The van der Waals surface area contributed by atoms with Crippen molar-refractivity contribution in [2.45, 2.75) is 25.8 Å². The number of ether oxygens (including phenoxy) is 3. The molecule has 1 saturated carbocycles. The van der Waals surface area contributed by atoms with E-state index in [1.807, 2.05) is 0 Å². The highest BCUT2D eigenvalue weighted by molar-refractivity contribution is 5.99. The van der Waals surface area contributed by atoms with Gasteiger partial charge in [0.25, 0.3) is 17.5 Å². The standard InChI is InChI=1S/C22H23N3O8/c1-3-32-19-11-17(25(29)30)16(10-18(19)31-2)22(28)33-12-20(26)23-15-6-4-5-13(9-15)21(27)24-14-7-8-14/h4-6,9-11,14H,3,7-8,12H2,1-2H3,(H,23,26)(H,24,27). The van der Waals surface area contributed by atoms with E-state index < -0.39 is 29.1 Å².